The van der Waals surface area contributed by atoms with Crippen LogP contribution < -0.4 is 9.64 Å². The minimum Gasteiger partial charge on any atom is -0.489 e. The van der Waals surface area contributed by atoms with Crippen molar-refractivity contribution in [2.75, 3.05) is 12.0 Å². The number of hydrogen-bond donors (Lipinski definition) is 0. The van der Waals surface area contributed by atoms with Crippen molar-refractivity contribution in [3.63, 3.8) is 0 Å². The molecule has 0 radical (unpaired) electrons. The van der Waals surface area contributed by atoms with Crippen molar-refractivity contribution in [2.45, 2.75) is 43.6 Å². The zero-order valence-corrected chi connectivity index (χ0v) is 23.4. The number of halogens is 3. The predicted molar refractivity (Wildman–Crippen MR) is 151 cm³/mol. The Kier molecular flexibility index (Phi) is 6.10. The Labute approximate surface area is 244 Å². The Morgan fingerprint density at radius 2 is 1.88 bits per heavy atom. The molecule has 1 amide bonds. The Morgan fingerprint density at radius 3 is 2.56 bits per heavy atom. The van der Waals surface area contributed by atoms with Crippen LogP contribution in [0.25, 0.3) is 11.3 Å². The third-order valence-corrected chi connectivity index (χ3v) is 8.63. The molecule has 41 heavy (non-hydrogen) atoms. The maximum Gasteiger partial charge on any atom is 0.338 e. The van der Waals surface area contributed by atoms with E-state index in [-0.39, 0.29) is 29.7 Å². The fraction of sp³-hybridized carbons (Fsp3) is 0.258. The SMILES string of the molecule is COC(=O)c1cc(F)cc(N2C(=O)C3(CC3)c3cc(OCc4c(-c5c(Cl)cccc5Cl)noc4C4CC4)ccc32)c1. The molecule has 10 heteroatoms. The van der Waals surface area contributed by atoms with E-state index in [1.54, 1.807) is 30.3 Å². The average molecular weight is 593 g/mol. The second-order valence-electron chi connectivity index (χ2n) is 10.6. The lowest BCUT2D eigenvalue weighted by Crippen LogP contribution is -2.28. The van der Waals surface area contributed by atoms with Crippen LogP contribution in [0.4, 0.5) is 15.8 Å². The third-order valence-electron chi connectivity index (χ3n) is 8.00. The minimum absolute atomic E-state index is 0.0307. The molecule has 1 aliphatic heterocycles. The summed E-state index contributed by atoms with van der Waals surface area (Å²) in [5, 5.41) is 5.25. The summed E-state index contributed by atoms with van der Waals surface area (Å²) in [4.78, 5) is 27.2. The Morgan fingerprint density at radius 1 is 1.12 bits per heavy atom. The highest BCUT2D eigenvalue weighted by Crippen LogP contribution is 2.59. The van der Waals surface area contributed by atoms with Crippen molar-refractivity contribution in [1.82, 2.24) is 5.16 Å². The molecule has 2 aliphatic carbocycles. The Hall–Kier alpha value is -3.88. The molecule has 208 valence electrons. The summed E-state index contributed by atoms with van der Waals surface area (Å²) in [6.45, 7) is 0.169. The number of hydrogen-bond acceptors (Lipinski definition) is 6. The number of fused-ring (bicyclic) bond motifs is 2. The molecule has 4 aromatic rings. The van der Waals surface area contributed by atoms with Gasteiger partial charge in [0.15, 0.2) is 0 Å². The van der Waals surface area contributed by atoms with Gasteiger partial charge in [-0.25, -0.2) is 9.18 Å². The molecule has 7 nitrogen and oxygen atoms in total. The Bertz CT molecular complexity index is 1720. The van der Waals surface area contributed by atoms with Gasteiger partial charge in [0.05, 0.1) is 45.1 Å². The third kappa shape index (κ3) is 4.28. The molecule has 2 saturated carbocycles. The van der Waals surface area contributed by atoms with Crippen molar-refractivity contribution >= 4 is 46.5 Å². The smallest absolute Gasteiger partial charge is 0.338 e. The van der Waals surface area contributed by atoms with Crippen LogP contribution in [0.1, 0.15) is 58.8 Å². The van der Waals surface area contributed by atoms with Crippen LogP contribution in [0.15, 0.2) is 59.1 Å². The molecule has 0 saturated heterocycles. The van der Waals surface area contributed by atoms with E-state index in [1.807, 2.05) is 6.07 Å². The number of nitrogens with zero attached hydrogens (tertiary/aromatic N) is 2. The summed E-state index contributed by atoms with van der Waals surface area (Å²) in [5.74, 6) is 0.140. The average Bonchev–Trinajstić information content (AvgIpc) is 3.89. The number of methoxy groups -OCH3 is 1. The van der Waals surface area contributed by atoms with Gasteiger partial charge in [-0.2, -0.15) is 0 Å². The highest BCUT2D eigenvalue weighted by atomic mass is 35.5. The van der Waals surface area contributed by atoms with Gasteiger partial charge in [0.1, 0.15) is 29.6 Å². The number of anilines is 2. The highest BCUT2D eigenvalue weighted by molar-refractivity contribution is 6.39. The molecule has 0 unspecified atom stereocenters. The van der Waals surface area contributed by atoms with E-state index in [9.17, 15) is 14.0 Å². The van der Waals surface area contributed by atoms with Crippen LogP contribution >= 0.6 is 23.2 Å². The summed E-state index contributed by atoms with van der Waals surface area (Å²) in [6, 6.07) is 14.5. The molecule has 3 aromatic carbocycles. The molecule has 2 fully saturated rings. The molecule has 7 rings (SSSR count). The largest absolute Gasteiger partial charge is 0.489 e. The zero-order valence-electron chi connectivity index (χ0n) is 21.9. The molecular formula is C31H23Cl2FN2O5. The first-order chi connectivity index (χ1) is 19.8. The number of carbonyl (C=O) groups excluding carboxylic acids is 2. The van der Waals surface area contributed by atoms with Crippen molar-refractivity contribution in [3.05, 3.63) is 92.9 Å². The normalized spacial score (nSPS) is 16.7. The maximum atomic E-state index is 14.5. The molecule has 1 spiro atoms. The van der Waals surface area contributed by atoms with Crippen LogP contribution in [0.2, 0.25) is 10.0 Å². The fourth-order valence-corrected chi connectivity index (χ4v) is 6.21. The number of amides is 1. The summed E-state index contributed by atoms with van der Waals surface area (Å²) in [7, 11) is 1.23. The van der Waals surface area contributed by atoms with E-state index < -0.39 is 17.2 Å². The monoisotopic (exact) mass is 592 g/mol. The van der Waals surface area contributed by atoms with E-state index in [0.717, 1.165) is 35.8 Å². The van der Waals surface area contributed by atoms with Crippen LogP contribution in [0.3, 0.4) is 0 Å². The molecule has 0 bridgehead atoms. The van der Waals surface area contributed by atoms with E-state index >= 15 is 0 Å². The Balaban J connectivity index is 1.22. The van der Waals surface area contributed by atoms with Crippen LogP contribution in [-0.4, -0.2) is 24.1 Å². The molecule has 0 atom stereocenters. The number of aromatic nitrogens is 1. The van der Waals surface area contributed by atoms with Gasteiger partial charge in [-0.15, -0.1) is 0 Å². The standard InChI is InChI=1S/C31H23Cl2FN2O5/c1-39-29(37)17-11-18(34)13-19(12-17)36-25-8-7-20(14-22(25)31(9-10-31)30(36)38)40-15-21-27(35-41-28(21)16-5-6-16)26-23(32)3-2-4-24(26)33/h2-4,7-8,11-14,16H,5-6,9-10,15H2,1H3. The van der Waals surface area contributed by atoms with E-state index in [4.69, 9.17) is 37.2 Å². The van der Waals surface area contributed by atoms with Gasteiger partial charge in [0, 0.05) is 11.5 Å². The van der Waals surface area contributed by atoms with Crippen LogP contribution in [0, 0.1) is 5.82 Å². The van der Waals surface area contributed by atoms with Crippen LogP contribution in [-0.2, 0) is 21.6 Å². The lowest BCUT2D eigenvalue weighted by atomic mass is 9.98. The number of benzene rings is 3. The first kappa shape index (κ1) is 26.0. The van der Waals surface area contributed by atoms with E-state index in [0.29, 0.717) is 45.6 Å². The quantitative estimate of drug-likeness (QED) is 0.204. The van der Waals surface area contributed by atoms with E-state index in [1.165, 1.54) is 24.1 Å². The van der Waals surface area contributed by atoms with Crippen molar-refractivity contribution in [3.8, 4) is 17.0 Å². The lowest BCUT2D eigenvalue weighted by Gasteiger charge is -2.19. The summed E-state index contributed by atoms with van der Waals surface area (Å²) < 4.78 is 31.3. The number of esters is 1. The van der Waals surface area contributed by atoms with Gasteiger partial charge in [-0.3, -0.25) is 9.69 Å². The second kappa shape index (κ2) is 9.60. The van der Waals surface area contributed by atoms with Gasteiger partial charge < -0.3 is 14.0 Å². The maximum absolute atomic E-state index is 14.5. The fourth-order valence-electron chi connectivity index (χ4n) is 5.63. The summed E-state index contributed by atoms with van der Waals surface area (Å²) >= 11 is 13.0. The van der Waals surface area contributed by atoms with Gasteiger partial charge in [0.25, 0.3) is 0 Å². The first-order valence-corrected chi connectivity index (χ1v) is 14.0. The molecule has 1 aromatic heterocycles. The molecule has 2 heterocycles. The second-order valence-corrected chi connectivity index (χ2v) is 11.4. The van der Waals surface area contributed by atoms with E-state index in [2.05, 4.69) is 5.16 Å². The molecular weight excluding hydrogens is 570 g/mol. The predicted octanol–water partition coefficient (Wildman–Crippen LogP) is 7.74. The molecule has 3 aliphatic rings. The number of rotatable bonds is 7. The topological polar surface area (TPSA) is 81.9 Å². The van der Waals surface area contributed by atoms with Crippen molar-refractivity contribution in [1.29, 1.82) is 0 Å². The summed E-state index contributed by atoms with van der Waals surface area (Å²) in [6.07, 6.45) is 3.36. The molecule has 0 N–H and O–H groups in total. The summed E-state index contributed by atoms with van der Waals surface area (Å²) in [5.41, 5.74) is 2.99. The number of ether oxygens (including phenoxy) is 2. The zero-order chi connectivity index (χ0) is 28.5. The van der Waals surface area contributed by atoms with Gasteiger partial charge in [-0.1, -0.05) is 34.4 Å². The minimum atomic E-state index is -0.695. The van der Waals surface area contributed by atoms with Gasteiger partial charge in [-0.05, 0) is 79.8 Å². The van der Waals surface area contributed by atoms with Crippen LogP contribution in [0.5, 0.6) is 5.75 Å². The van der Waals surface area contributed by atoms with Crippen molar-refractivity contribution < 1.29 is 28.0 Å². The lowest BCUT2D eigenvalue weighted by molar-refractivity contribution is -0.119. The van der Waals surface area contributed by atoms with Crippen molar-refractivity contribution in [2.24, 2.45) is 0 Å². The highest BCUT2D eigenvalue weighted by Gasteiger charge is 2.59. The first-order valence-electron chi connectivity index (χ1n) is 13.2. The van der Waals surface area contributed by atoms with Gasteiger partial charge >= 0.3 is 5.97 Å². The van der Waals surface area contributed by atoms with Gasteiger partial charge in [0.2, 0.25) is 5.91 Å². The number of carbonyl (C=O) groups is 2.